The van der Waals surface area contributed by atoms with Crippen molar-refractivity contribution in [2.24, 2.45) is 5.10 Å². The number of hydrogen-bond donors (Lipinski definition) is 1. The number of piperidine rings is 1. The summed E-state index contributed by atoms with van der Waals surface area (Å²) in [6.07, 6.45) is 9.32. The smallest absolute Gasteiger partial charge is 0.223 e. The van der Waals surface area contributed by atoms with E-state index in [-0.39, 0.29) is 17.1 Å². The first-order chi connectivity index (χ1) is 16.4. The molecule has 2 saturated heterocycles. The zero-order chi connectivity index (χ0) is 23.4. The Hall–Kier alpha value is -1.67. The molecule has 0 amide bonds. The molecule has 7 nitrogen and oxygen atoms in total. The maximum absolute atomic E-state index is 6.74. The zero-order valence-corrected chi connectivity index (χ0v) is 21.3. The van der Waals surface area contributed by atoms with Crippen molar-refractivity contribution < 1.29 is 4.74 Å². The second-order valence-corrected chi connectivity index (χ2v) is 11.6. The van der Waals surface area contributed by atoms with Crippen molar-refractivity contribution >= 4 is 46.3 Å². The molecule has 9 heteroatoms. The minimum atomic E-state index is -0.214. The summed E-state index contributed by atoms with van der Waals surface area (Å²) in [5.41, 5.74) is 1.89. The lowest BCUT2D eigenvalue weighted by Crippen LogP contribution is -2.41. The van der Waals surface area contributed by atoms with Gasteiger partial charge in [0.2, 0.25) is 5.95 Å². The first kappa shape index (κ1) is 22.8. The third kappa shape index (κ3) is 4.48. The van der Waals surface area contributed by atoms with Crippen LogP contribution in [0.4, 0.5) is 5.95 Å². The van der Waals surface area contributed by atoms with Crippen LogP contribution in [0.1, 0.15) is 57.4 Å². The highest BCUT2D eigenvalue weighted by Gasteiger charge is 2.39. The topological polar surface area (TPSA) is 65.9 Å². The monoisotopic (exact) mass is 502 g/mol. The average molecular weight is 503 g/mol. The molecule has 1 N–H and O–H groups in total. The molecule has 3 fully saturated rings. The van der Waals surface area contributed by atoms with Crippen molar-refractivity contribution in [1.29, 1.82) is 0 Å². The molecule has 1 aromatic heterocycles. The Morgan fingerprint density at radius 1 is 1.12 bits per heavy atom. The first-order valence-electron chi connectivity index (χ1n) is 12.4. The molecule has 1 saturated carbocycles. The van der Waals surface area contributed by atoms with Crippen LogP contribution in [0, 0.1) is 0 Å². The van der Waals surface area contributed by atoms with Gasteiger partial charge in [0.15, 0.2) is 0 Å². The molecule has 1 aliphatic carbocycles. The van der Waals surface area contributed by atoms with E-state index in [2.05, 4.69) is 40.2 Å². The van der Waals surface area contributed by atoms with Crippen LogP contribution in [0.25, 0.3) is 10.9 Å². The summed E-state index contributed by atoms with van der Waals surface area (Å²) < 4.78 is 5.97. The number of hydrogen-bond acceptors (Lipinski definition) is 7. The molecule has 1 aromatic carbocycles. The number of rotatable bonds is 5. The fourth-order valence-electron chi connectivity index (χ4n) is 5.60. The van der Waals surface area contributed by atoms with Crippen molar-refractivity contribution in [3.63, 3.8) is 0 Å². The van der Waals surface area contributed by atoms with E-state index < -0.39 is 0 Å². The summed E-state index contributed by atoms with van der Waals surface area (Å²) in [5.74, 6) is 1.01. The second kappa shape index (κ2) is 8.77. The van der Waals surface area contributed by atoms with Gasteiger partial charge in [0.1, 0.15) is 11.5 Å². The third-order valence-electron chi connectivity index (χ3n) is 7.70. The van der Waals surface area contributed by atoms with Gasteiger partial charge in [0.05, 0.1) is 23.9 Å². The maximum Gasteiger partial charge on any atom is 0.223 e. The molecule has 6 rings (SSSR count). The first-order valence-corrected chi connectivity index (χ1v) is 13.2. The summed E-state index contributed by atoms with van der Waals surface area (Å²) in [6.45, 7) is 7.38. The van der Waals surface area contributed by atoms with Gasteiger partial charge in [-0.05, 0) is 82.7 Å². The predicted octanol–water partition coefficient (Wildman–Crippen LogP) is 4.84. The number of nitrogens with one attached hydrogen (secondary N) is 1. The largest absolute Gasteiger partial charge is 0.374 e. The van der Waals surface area contributed by atoms with Gasteiger partial charge in [-0.2, -0.15) is 5.10 Å². The number of benzene rings is 1. The SMILES string of the molecule is CC1(C)CC(N2CCC(c3cc4nc(NC5C=NN(C6CC6)C5Cl)ncc4cc3Cl)CC2)CO1. The summed E-state index contributed by atoms with van der Waals surface area (Å²) in [4.78, 5) is 11.9. The Labute approximate surface area is 210 Å². The van der Waals surface area contributed by atoms with Crippen molar-refractivity contribution in [2.75, 3.05) is 25.0 Å². The molecular formula is C25H32Cl2N6O. The lowest BCUT2D eigenvalue weighted by atomic mass is 9.88. The van der Waals surface area contributed by atoms with Crippen LogP contribution in [0.15, 0.2) is 23.4 Å². The lowest BCUT2D eigenvalue weighted by molar-refractivity contribution is 0.0319. The highest BCUT2D eigenvalue weighted by atomic mass is 35.5. The Balaban J connectivity index is 1.15. The number of aromatic nitrogens is 2. The van der Waals surface area contributed by atoms with Gasteiger partial charge in [-0.3, -0.25) is 9.91 Å². The minimum absolute atomic E-state index is 0.00136. The van der Waals surface area contributed by atoms with E-state index in [1.807, 2.05) is 23.5 Å². The van der Waals surface area contributed by atoms with E-state index in [0.29, 0.717) is 23.9 Å². The molecule has 3 unspecified atom stereocenters. The molecule has 4 aliphatic rings. The number of hydrazone groups is 1. The minimum Gasteiger partial charge on any atom is -0.374 e. The van der Waals surface area contributed by atoms with E-state index >= 15 is 0 Å². The predicted molar refractivity (Wildman–Crippen MR) is 137 cm³/mol. The number of alkyl halides is 1. The van der Waals surface area contributed by atoms with Crippen LogP contribution in [0.2, 0.25) is 5.02 Å². The summed E-state index contributed by atoms with van der Waals surface area (Å²) in [5, 5.41) is 11.6. The lowest BCUT2D eigenvalue weighted by Gasteiger charge is -2.36. The Morgan fingerprint density at radius 2 is 1.91 bits per heavy atom. The number of nitrogens with zero attached hydrogens (tertiary/aromatic N) is 5. The van der Waals surface area contributed by atoms with E-state index in [0.717, 1.165) is 67.7 Å². The normalized spacial score (nSPS) is 29.9. The van der Waals surface area contributed by atoms with Crippen LogP contribution in [0.3, 0.4) is 0 Å². The van der Waals surface area contributed by atoms with Gasteiger partial charge in [-0.25, -0.2) is 9.97 Å². The van der Waals surface area contributed by atoms with Crippen molar-refractivity contribution in [3.05, 3.63) is 28.9 Å². The Bertz CT molecular complexity index is 1100. The molecule has 0 bridgehead atoms. The molecule has 0 radical (unpaired) electrons. The zero-order valence-electron chi connectivity index (χ0n) is 19.8. The van der Waals surface area contributed by atoms with Crippen LogP contribution in [-0.2, 0) is 4.74 Å². The molecule has 0 spiro atoms. The highest BCUT2D eigenvalue weighted by molar-refractivity contribution is 6.32. The molecular weight excluding hydrogens is 471 g/mol. The van der Waals surface area contributed by atoms with Gasteiger partial charge >= 0.3 is 0 Å². The van der Waals surface area contributed by atoms with E-state index in [4.69, 9.17) is 32.9 Å². The van der Waals surface area contributed by atoms with Crippen molar-refractivity contribution in [1.82, 2.24) is 19.9 Å². The molecule has 3 aliphatic heterocycles. The number of fused-ring (bicyclic) bond motifs is 1. The van der Waals surface area contributed by atoms with Gasteiger partial charge < -0.3 is 10.1 Å². The molecule has 34 heavy (non-hydrogen) atoms. The van der Waals surface area contributed by atoms with Gasteiger partial charge in [0.25, 0.3) is 0 Å². The van der Waals surface area contributed by atoms with Crippen LogP contribution < -0.4 is 5.32 Å². The number of anilines is 1. The average Bonchev–Trinajstić information content (AvgIpc) is 3.51. The number of likely N-dealkylation sites (tertiary alicyclic amines) is 1. The van der Waals surface area contributed by atoms with Crippen LogP contribution >= 0.6 is 23.2 Å². The van der Waals surface area contributed by atoms with Crippen molar-refractivity contribution in [2.45, 2.75) is 81.1 Å². The van der Waals surface area contributed by atoms with Crippen molar-refractivity contribution in [3.8, 4) is 0 Å². The summed E-state index contributed by atoms with van der Waals surface area (Å²) in [6, 6.07) is 5.06. The molecule has 4 heterocycles. The highest BCUT2D eigenvalue weighted by Crippen LogP contribution is 2.38. The summed E-state index contributed by atoms with van der Waals surface area (Å²) >= 11 is 13.4. The van der Waals surface area contributed by atoms with Gasteiger partial charge in [-0.1, -0.05) is 23.2 Å². The van der Waals surface area contributed by atoms with E-state index in [1.165, 1.54) is 5.56 Å². The van der Waals surface area contributed by atoms with Crippen LogP contribution in [-0.4, -0.2) is 75.0 Å². The fourth-order valence-corrected chi connectivity index (χ4v) is 6.27. The molecule has 3 atom stereocenters. The van der Waals surface area contributed by atoms with Gasteiger partial charge in [0, 0.05) is 28.7 Å². The Kier molecular flexibility index (Phi) is 5.87. The number of ether oxygens (including phenoxy) is 1. The number of halogens is 2. The molecule has 182 valence electrons. The third-order valence-corrected chi connectivity index (χ3v) is 8.50. The second-order valence-electron chi connectivity index (χ2n) is 10.8. The fraction of sp³-hybridized carbons (Fsp3) is 0.640. The van der Waals surface area contributed by atoms with E-state index in [1.54, 1.807) is 0 Å². The molecule has 2 aromatic rings. The van der Waals surface area contributed by atoms with Crippen LogP contribution in [0.5, 0.6) is 0 Å². The standard InChI is InChI=1S/C25H32Cl2N6O/c1-25(2)11-18(14-34-25)32-7-5-15(6-8-32)19-10-21-16(9-20(19)26)12-28-24(30-21)31-22-13-29-33(23(22)27)17-3-4-17/h9-10,12-13,15,17-18,22-23H,3-8,11,14H2,1-2H3,(H,28,30,31). The van der Waals surface area contributed by atoms with Gasteiger partial charge in [-0.15, -0.1) is 0 Å². The Morgan fingerprint density at radius 3 is 2.62 bits per heavy atom. The quantitative estimate of drug-likeness (QED) is 0.466. The maximum atomic E-state index is 6.74. The summed E-state index contributed by atoms with van der Waals surface area (Å²) in [7, 11) is 0. The van der Waals surface area contributed by atoms with E-state index in [9.17, 15) is 0 Å².